The van der Waals surface area contributed by atoms with E-state index >= 15 is 0 Å². The Morgan fingerprint density at radius 1 is 1.47 bits per heavy atom. The first-order chi connectivity index (χ1) is 6.99. The van der Waals surface area contributed by atoms with Crippen LogP contribution >= 0.6 is 0 Å². The first kappa shape index (κ1) is 10.2. The lowest BCUT2D eigenvalue weighted by atomic mass is 9.90. The Labute approximate surface area is 89.6 Å². The van der Waals surface area contributed by atoms with Gasteiger partial charge in [0.2, 0.25) is 10.0 Å². The fourth-order valence-corrected chi connectivity index (χ4v) is 3.62. The highest BCUT2D eigenvalue weighted by Gasteiger charge is 2.42. The molecule has 1 aromatic rings. The lowest BCUT2D eigenvalue weighted by Crippen LogP contribution is -2.35. The summed E-state index contributed by atoms with van der Waals surface area (Å²) in [7, 11) is -3.38. The molecule has 0 aliphatic carbocycles. The highest BCUT2D eigenvalue weighted by atomic mass is 32.2. The van der Waals surface area contributed by atoms with Crippen LogP contribution < -0.4 is 4.72 Å². The Balaban J connectivity index is 2.68. The van der Waals surface area contributed by atoms with Crippen molar-refractivity contribution in [2.24, 2.45) is 0 Å². The van der Waals surface area contributed by atoms with Gasteiger partial charge in [-0.3, -0.25) is 0 Å². The van der Waals surface area contributed by atoms with Crippen molar-refractivity contribution in [3.63, 3.8) is 0 Å². The van der Waals surface area contributed by atoms with Gasteiger partial charge in [0, 0.05) is 6.42 Å². The summed E-state index contributed by atoms with van der Waals surface area (Å²) >= 11 is 0. The van der Waals surface area contributed by atoms with E-state index < -0.39 is 15.6 Å². The van der Waals surface area contributed by atoms with Gasteiger partial charge in [-0.2, -0.15) is 4.72 Å². The minimum absolute atomic E-state index is 0.336. The van der Waals surface area contributed by atoms with Crippen molar-refractivity contribution < 1.29 is 8.42 Å². The fourth-order valence-electron chi connectivity index (χ4n) is 1.90. The van der Waals surface area contributed by atoms with Gasteiger partial charge in [-0.05, 0) is 18.6 Å². The first-order valence-corrected chi connectivity index (χ1v) is 6.05. The van der Waals surface area contributed by atoms with E-state index in [1.165, 1.54) is 0 Å². The topological polar surface area (TPSA) is 46.2 Å². The molecule has 0 saturated heterocycles. The average molecular weight is 221 g/mol. The third-order valence-electron chi connectivity index (χ3n) is 2.59. The molecule has 78 valence electrons. The molecule has 3 nitrogen and oxygen atoms in total. The molecule has 2 rings (SSSR count). The van der Waals surface area contributed by atoms with Crippen LogP contribution in [0, 0.1) is 12.3 Å². The van der Waals surface area contributed by atoms with Crippen molar-refractivity contribution in [2.75, 3.05) is 0 Å². The Morgan fingerprint density at radius 3 is 2.80 bits per heavy atom. The van der Waals surface area contributed by atoms with Crippen LogP contribution in [-0.4, -0.2) is 8.42 Å². The van der Waals surface area contributed by atoms with E-state index in [1.54, 1.807) is 25.1 Å². The lowest BCUT2D eigenvalue weighted by Gasteiger charge is -2.21. The van der Waals surface area contributed by atoms with Crippen molar-refractivity contribution in [2.45, 2.75) is 23.8 Å². The van der Waals surface area contributed by atoms with Crippen molar-refractivity contribution in [3.8, 4) is 12.3 Å². The first-order valence-electron chi connectivity index (χ1n) is 4.56. The quantitative estimate of drug-likeness (QED) is 0.725. The molecule has 0 amide bonds. The van der Waals surface area contributed by atoms with Gasteiger partial charge in [0.05, 0.1) is 10.4 Å². The SMILES string of the molecule is C#CC[C@@]1(C)NS(=O)(=O)c2ccccc21. The third-order valence-corrected chi connectivity index (χ3v) is 4.24. The molecule has 0 aromatic heterocycles. The predicted octanol–water partition coefficient (Wildman–Crippen LogP) is 1.22. The number of fused-ring (bicyclic) bond motifs is 1. The standard InChI is InChI=1S/C11H11NO2S/c1-3-8-11(2)9-6-4-5-7-10(9)15(13,14)12-11/h1,4-7,12H,8H2,2H3/t11-/m1/s1. The third kappa shape index (κ3) is 1.44. The van der Waals surface area contributed by atoms with Crippen LogP contribution in [0.25, 0.3) is 0 Å². The molecule has 0 fully saturated rings. The molecule has 4 heteroatoms. The molecule has 1 aliphatic heterocycles. The van der Waals surface area contributed by atoms with E-state index in [2.05, 4.69) is 10.6 Å². The van der Waals surface area contributed by atoms with Crippen LogP contribution in [0.15, 0.2) is 29.2 Å². The number of nitrogens with one attached hydrogen (secondary N) is 1. The summed E-state index contributed by atoms with van der Waals surface area (Å²) < 4.78 is 26.1. The average Bonchev–Trinajstić information content (AvgIpc) is 2.36. The summed E-state index contributed by atoms with van der Waals surface area (Å²) in [6.45, 7) is 1.80. The predicted molar refractivity (Wildman–Crippen MR) is 57.6 cm³/mol. The second-order valence-electron chi connectivity index (χ2n) is 3.81. The van der Waals surface area contributed by atoms with Crippen LogP contribution in [-0.2, 0) is 15.6 Å². The molecule has 0 spiro atoms. The highest BCUT2D eigenvalue weighted by molar-refractivity contribution is 7.89. The van der Waals surface area contributed by atoms with Gasteiger partial charge in [-0.15, -0.1) is 12.3 Å². The van der Waals surface area contributed by atoms with Gasteiger partial charge in [-0.1, -0.05) is 18.2 Å². The summed E-state index contributed by atoms with van der Waals surface area (Å²) in [4.78, 5) is 0.336. The molecular weight excluding hydrogens is 210 g/mol. The molecule has 1 atom stereocenters. The second-order valence-corrected chi connectivity index (χ2v) is 5.47. The van der Waals surface area contributed by atoms with Crippen molar-refractivity contribution in [1.29, 1.82) is 0 Å². The number of rotatable bonds is 1. The van der Waals surface area contributed by atoms with E-state index in [0.717, 1.165) is 5.56 Å². The number of hydrogen-bond donors (Lipinski definition) is 1. The van der Waals surface area contributed by atoms with Gasteiger partial charge < -0.3 is 0 Å². The van der Waals surface area contributed by atoms with Crippen LogP contribution in [0.5, 0.6) is 0 Å². The molecular formula is C11H11NO2S. The molecule has 0 unspecified atom stereocenters. The summed E-state index contributed by atoms with van der Waals surface area (Å²) in [6.07, 6.45) is 5.60. The number of benzene rings is 1. The zero-order valence-corrected chi connectivity index (χ0v) is 9.14. The molecule has 0 bridgehead atoms. The van der Waals surface area contributed by atoms with E-state index in [9.17, 15) is 8.42 Å². The summed E-state index contributed by atoms with van der Waals surface area (Å²) in [6, 6.07) is 6.92. The molecule has 1 heterocycles. The summed E-state index contributed by atoms with van der Waals surface area (Å²) in [5.41, 5.74) is 0.0902. The zero-order chi connectivity index (χ0) is 11.1. The van der Waals surface area contributed by atoms with Gasteiger partial charge in [-0.25, -0.2) is 8.42 Å². The van der Waals surface area contributed by atoms with Crippen LogP contribution in [0.1, 0.15) is 18.9 Å². The van der Waals surface area contributed by atoms with Crippen LogP contribution in [0.3, 0.4) is 0 Å². The van der Waals surface area contributed by atoms with Crippen molar-refractivity contribution >= 4 is 10.0 Å². The lowest BCUT2D eigenvalue weighted by molar-refractivity contribution is 0.460. The van der Waals surface area contributed by atoms with E-state index in [4.69, 9.17) is 6.42 Å². The number of sulfonamides is 1. The number of hydrogen-bond acceptors (Lipinski definition) is 2. The Morgan fingerprint density at radius 2 is 2.13 bits per heavy atom. The summed E-state index contributed by atoms with van der Waals surface area (Å²) in [5, 5.41) is 0. The van der Waals surface area contributed by atoms with E-state index in [-0.39, 0.29) is 0 Å². The van der Waals surface area contributed by atoms with E-state index in [0.29, 0.717) is 11.3 Å². The van der Waals surface area contributed by atoms with Gasteiger partial charge in [0.1, 0.15) is 0 Å². The summed E-state index contributed by atoms with van der Waals surface area (Å²) in [5.74, 6) is 2.50. The van der Waals surface area contributed by atoms with Gasteiger partial charge >= 0.3 is 0 Å². The minimum Gasteiger partial charge on any atom is -0.207 e. The Hall–Kier alpha value is -1.31. The Kier molecular flexibility index (Phi) is 2.10. The van der Waals surface area contributed by atoms with Gasteiger partial charge in [0.15, 0.2) is 0 Å². The smallest absolute Gasteiger partial charge is 0.207 e. The van der Waals surface area contributed by atoms with Crippen LogP contribution in [0.2, 0.25) is 0 Å². The molecule has 1 N–H and O–H groups in total. The highest BCUT2D eigenvalue weighted by Crippen LogP contribution is 2.37. The molecule has 0 radical (unpaired) electrons. The van der Waals surface area contributed by atoms with Crippen molar-refractivity contribution in [1.82, 2.24) is 4.72 Å². The normalized spacial score (nSPS) is 26.9. The minimum atomic E-state index is -3.38. The molecule has 1 aliphatic rings. The fraction of sp³-hybridized carbons (Fsp3) is 0.273. The van der Waals surface area contributed by atoms with E-state index in [1.807, 2.05) is 6.07 Å². The zero-order valence-electron chi connectivity index (χ0n) is 8.32. The monoisotopic (exact) mass is 221 g/mol. The van der Waals surface area contributed by atoms with Crippen LogP contribution in [0.4, 0.5) is 0 Å². The largest absolute Gasteiger partial charge is 0.241 e. The maximum Gasteiger partial charge on any atom is 0.241 e. The maximum atomic E-state index is 11.8. The van der Waals surface area contributed by atoms with Crippen molar-refractivity contribution in [3.05, 3.63) is 29.8 Å². The Bertz CT molecular complexity index is 542. The second kappa shape index (κ2) is 3.09. The molecule has 1 aromatic carbocycles. The maximum absolute atomic E-state index is 11.8. The molecule has 0 saturated carbocycles. The number of terminal acetylenes is 1. The van der Waals surface area contributed by atoms with Gasteiger partial charge in [0.25, 0.3) is 0 Å². The molecule has 15 heavy (non-hydrogen) atoms.